The Hall–Kier alpha value is -0.780. The Balaban J connectivity index is 2.98. The maximum absolute atomic E-state index is 3.91. The molecule has 0 heteroatoms. The number of allylic oxidation sites excluding steroid dienone is 4. The van der Waals surface area contributed by atoms with Gasteiger partial charge in [0.05, 0.1) is 0 Å². The second kappa shape index (κ2) is 4.45. The van der Waals surface area contributed by atoms with Gasteiger partial charge in [0.25, 0.3) is 0 Å². The molecule has 0 N–H and O–H groups in total. The van der Waals surface area contributed by atoms with E-state index in [0.717, 1.165) is 5.92 Å². The Morgan fingerprint density at radius 3 is 2.46 bits per heavy atom. The van der Waals surface area contributed by atoms with Crippen LogP contribution in [0, 0.1) is 11.8 Å². The minimum absolute atomic E-state index is 0.708. The van der Waals surface area contributed by atoms with E-state index >= 15 is 0 Å². The van der Waals surface area contributed by atoms with Gasteiger partial charge in [-0.05, 0) is 42.2 Å². The van der Waals surface area contributed by atoms with Crippen molar-refractivity contribution >= 4 is 0 Å². The first kappa shape index (κ1) is 10.3. The van der Waals surface area contributed by atoms with E-state index in [2.05, 4.69) is 27.0 Å². The molecule has 72 valence electrons. The van der Waals surface area contributed by atoms with Gasteiger partial charge >= 0.3 is 0 Å². The highest BCUT2D eigenvalue weighted by Gasteiger charge is 2.21. The summed E-state index contributed by atoms with van der Waals surface area (Å²) in [7, 11) is 0. The van der Waals surface area contributed by atoms with Gasteiger partial charge in [0.15, 0.2) is 0 Å². The molecule has 13 heavy (non-hydrogen) atoms. The van der Waals surface area contributed by atoms with Crippen molar-refractivity contribution in [2.75, 3.05) is 0 Å². The molecule has 1 atom stereocenters. The van der Waals surface area contributed by atoms with Crippen molar-refractivity contribution in [3.8, 4) is 0 Å². The lowest BCUT2D eigenvalue weighted by Gasteiger charge is -2.28. The fourth-order valence-electron chi connectivity index (χ4n) is 2.25. The highest BCUT2D eigenvalue weighted by atomic mass is 14.3. The van der Waals surface area contributed by atoms with Gasteiger partial charge in [-0.25, -0.2) is 0 Å². The van der Waals surface area contributed by atoms with Crippen LogP contribution in [0.4, 0.5) is 0 Å². The van der Waals surface area contributed by atoms with Crippen LogP contribution in [0.2, 0.25) is 0 Å². The summed E-state index contributed by atoms with van der Waals surface area (Å²) < 4.78 is 0. The Morgan fingerprint density at radius 1 is 1.31 bits per heavy atom. The van der Waals surface area contributed by atoms with Crippen LogP contribution in [0.1, 0.15) is 33.1 Å². The molecule has 0 aromatic rings. The topological polar surface area (TPSA) is 0 Å². The van der Waals surface area contributed by atoms with Gasteiger partial charge in [-0.1, -0.05) is 39.2 Å². The molecule has 0 spiro atoms. The zero-order valence-electron chi connectivity index (χ0n) is 8.84. The standard InChI is InChI=1S/C13H20/c1-5-11-8-7-9-13(10(3)4)12(11)6-2/h5-6,10,13H,1-2,7-9H2,3-4H3. The van der Waals surface area contributed by atoms with E-state index in [1.54, 1.807) is 0 Å². The third-order valence-corrected chi connectivity index (χ3v) is 3.00. The van der Waals surface area contributed by atoms with E-state index in [-0.39, 0.29) is 0 Å². The average Bonchev–Trinajstić information content (AvgIpc) is 2.16. The first-order valence-corrected chi connectivity index (χ1v) is 5.18. The van der Waals surface area contributed by atoms with Crippen LogP contribution in [0.25, 0.3) is 0 Å². The predicted octanol–water partition coefficient (Wildman–Crippen LogP) is 4.11. The van der Waals surface area contributed by atoms with Crippen molar-refractivity contribution in [2.24, 2.45) is 11.8 Å². The molecular weight excluding hydrogens is 156 g/mol. The minimum atomic E-state index is 0.708. The minimum Gasteiger partial charge on any atom is -0.0988 e. The van der Waals surface area contributed by atoms with E-state index in [4.69, 9.17) is 0 Å². The van der Waals surface area contributed by atoms with Gasteiger partial charge in [-0.2, -0.15) is 0 Å². The molecule has 0 saturated heterocycles. The van der Waals surface area contributed by atoms with Crippen molar-refractivity contribution in [1.29, 1.82) is 0 Å². The molecule has 0 aromatic heterocycles. The normalized spacial score (nSPS) is 23.5. The summed E-state index contributed by atoms with van der Waals surface area (Å²) >= 11 is 0. The number of rotatable bonds is 3. The van der Waals surface area contributed by atoms with Crippen molar-refractivity contribution < 1.29 is 0 Å². The fourth-order valence-corrected chi connectivity index (χ4v) is 2.25. The molecular formula is C13H20. The van der Waals surface area contributed by atoms with E-state index < -0.39 is 0 Å². The van der Waals surface area contributed by atoms with Crippen molar-refractivity contribution in [3.63, 3.8) is 0 Å². The maximum atomic E-state index is 3.91. The lowest BCUT2D eigenvalue weighted by Crippen LogP contribution is -2.16. The largest absolute Gasteiger partial charge is 0.0988 e. The summed E-state index contributed by atoms with van der Waals surface area (Å²) in [6, 6.07) is 0. The van der Waals surface area contributed by atoms with E-state index in [1.807, 2.05) is 12.2 Å². The van der Waals surface area contributed by atoms with Gasteiger partial charge < -0.3 is 0 Å². The van der Waals surface area contributed by atoms with E-state index in [0.29, 0.717) is 5.92 Å². The van der Waals surface area contributed by atoms with Gasteiger partial charge in [0.1, 0.15) is 0 Å². The molecule has 0 aromatic carbocycles. The molecule has 0 saturated carbocycles. The average molecular weight is 176 g/mol. The molecule has 0 bridgehead atoms. The summed E-state index contributed by atoms with van der Waals surface area (Å²) in [5.41, 5.74) is 2.86. The van der Waals surface area contributed by atoms with Crippen LogP contribution in [0.3, 0.4) is 0 Å². The van der Waals surface area contributed by atoms with Gasteiger partial charge in [-0.3, -0.25) is 0 Å². The Kier molecular flexibility index (Phi) is 3.53. The van der Waals surface area contributed by atoms with Gasteiger partial charge in [0.2, 0.25) is 0 Å². The molecule has 0 heterocycles. The Bertz CT molecular complexity index is 230. The molecule has 1 unspecified atom stereocenters. The van der Waals surface area contributed by atoms with Crippen LogP contribution in [-0.4, -0.2) is 0 Å². The first-order chi connectivity index (χ1) is 6.20. The molecule has 0 radical (unpaired) electrons. The van der Waals surface area contributed by atoms with Crippen LogP contribution in [0.15, 0.2) is 36.5 Å². The van der Waals surface area contributed by atoms with Crippen molar-refractivity contribution in [1.82, 2.24) is 0 Å². The van der Waals surface area contributed by atoms with Crippen LogP contribution >= 0.6 is 0 Å². The Labute approximate surface area is 82.0 Å². The zero-order valence-corrected chi connectivity index (χ0v) is 8.84. The Morgan fingerprint density at radius 2 is 2.00 bits per heavy atom. The highest BCUT2D eigenvalue weighted by Crippen LogP contribution is 2.35. The second-order valence-electron chi connectivity index (χ2n) is 4.13. The summed E-state index contributed by atoms with van der Waals surface area (Å²) in [6.45, 7) is 12.4. The third-order valence-electron chi connectivity index (χ3n) is 3.00. The van der Waals surface area contributed by atoms with Crippen LogP contribution in [-0.2, 0) is 0 Å². The predicted molar refractivity (Wildman–Crippen MR) is 59.6 cm³/mol. The smallest absolute Gasteiger partial charge is 0.0136 e. The van der Waals surface area contributed by atoms with E-state index in [9.17, 15) is 0 Å². The SMILES string of the molecule is C=CC1=C(C=C)C(C(C)C)CCC1. The summed E-state index contributed by atoms with van der Waals surface area (Å²) in [4.78, 5) is 0. The third kappa shape index (κ3) is 2.12. The summed E-state index contributed by atoms with van der Waals surface area (Å²) in [6.07, 6.45) is 7.85. The number of hydrogen-bond donors (Lipinski definition) is 0. The molecule has 0 aliphatic heterocycles. The van der Waals surface area contributed by atoms with Gasteiger partial charge in [-0.15, -0.1) is 0 Å². The number of hydrogen-bond acceptors (Lipinski definition) is 0. The fraction of sp³-hybridized carbons (Fsp3) is 0.538. The first-order valence-electron chi connectivity index (χ1n) is 5.18. The molecule has 1 aliphatic carbocycles. The van der Waals surface area contributed by atoms with Crippen LogP contribution < -0.4 is 0 Å². The van der Waals surface area contributed by atoms with Crippen molar-refractivity contribution in [2.45, 2.75) is 33.1 Å². The van der Waals surface area contributed by atoms with Gasteiger partial charge in [0, 0.05) is 0 Å². The molecule has 0 nitrogen and oxygen atoms in total. The lowest BCUT2D eigenvalue weighted by molar-refractivity contribution is 0.392. The van der Waals surface area contributed by atoms with Crippen molar-refractivity contribution in [3.05, 3.63) is 36.5 Å². The maximum Gasteiger partial charge on any atom is -0.0136 e. The second-order valence-corrected chi connectivity index (χ2v) is 4.13. The monoisotopic (exact) mass is 176 g/mol. The van der Waals surface area contributed by atoms with Crippen LogP contribution in [0.5, 0.6) is 0 Å². The molecule has 1 aliphatic rings. The molecule has 1 rings (SSSR count). The summed E-state index contributed by atoms with van der Waals surface area (Å²) in [5.74, 6) is 1.43. The lowest BCUT2D eigenvalue weighted by atomic mass is 9.77. The molecule has 0 fully saturated rings. The highest BCUT2D eigenvalue weighted by molar-refractivity contribution is 5.35. The van der Waals surface area contributed by atoms with E-state index in [1.165, 1.54) is 30.4 Å². The zero-order chi connectivity index (χ0) is 9.84. The molecule has 0 amide bonds. The quantitative estimate of drug-likeness (QED) is 0.607. The summed E-state index contributed by atoms with van der Waals surface area (Å²) in [5, 5.41) is 0.